The van der Waals surface area contributed by atoms with Crippen LogP contribution in [0.5, 0.6) is 0 Å². The van der Waals surface area contributed by atoms with Gasteiger partial charge in [0.15, 0.2) is 0 Å². The fraction of sp³-hybridized carbons (Fsp3) is 0.357. The van der Waals surface area contributed by atoms with E-state index in [2.05, 4.69) is 4.98 Å². The van der Waals surface area contributed by atoms with E-state index in [1.807, 2.05) is 17.0 Å². The van der Waals surface area contributed by atoms with Gasteiger partial charge in [0.2, 0.25) is 11.9 Å². The predicted molar refractivity (Wildman–Crippen MR) is 76.5 cm³/mol. The highest BCUT2D eigenvalue weighted by Crippen LogP contribution is 2.23. The Morgan fingerprint density at radius 2 is 2.15 bits per heavy atom. The zero-order valence-electron chi connectivity index (χ0n) is 11.2. The first kappa shape index (κ1) is 12.7. The minimum Gasteiger partial charge on any atom is -0.368 e. The smallest absolute Gasteiger partial charge is 0.262 e. The third-order valence-electron chi connectivity index (χ3n) is 3.80. The molecule has 6 nitrogen and oxygen atoms in total. The number of aromatic nitrogens is 2. The van der Waals surface area contributed by atoms with Crippen LogP contribution < -0.4 is 16.2 Å². The lowest BCUT2D eigenvalue weighted by atomic mass is 10.2. The SMILES string of the molecule is Cn1c(N2CCCC2C(N)=O)nc2ccccc2c1=O. The summed E-state index contributed by atoms with van der Waals surface area (Å²) in [6.45, 7) is 0.687. The Bertz CT molecular complexity index is 738. The highest BCUT2D eigenvalue weighted by atomic mass is 16.1. The van der Waals surface area contributed by atoms with Crippen LogP contribution in [0.25, 0.3) is 10.9 Å². The Labute approximate surface area is 115 Å². The monoisotopic (exact) mass is 272 g/mol. The van der Waals surface area contributed by atoms with Gasteiger partial charge >= 0.3 is 0 Å². The molecule has 0 aliphatic carbocycles. The molecule has 2 N–H and O–H groups in total. The second-order valence-electron chi connectivity index (χ2n) is 5.05. The van der Waals surface area contributed by atoms with Crippen LogP contribution in [0.2, 0.25) is 0 Å². The summed E-state index contributed by atoms with van der Waals surface area (Å²) >= 11 is 0. The van der Waals surface area contributed by atoms with Gasteiger partial charge in [0, 0.05) is 13.6 Å². The molecule has 0 spiro atoms. The predicted octanol–water partition coefficient (Wildman–Crippen LogP) is 0.388. The van der Waals surface area contributed by atoms with Crippen molar-refractivity contribution in [1.82, 2.24) is 9.55 Å². The summed E-state index contributed by atoms with van der Waals surface area (Å²) in [6, 6.07) is 6.83. The minimum atomic E-state index is -0.380. The number of para-hydroxylation sites is 1. The number of primary amides is 1. The molecule has 0 bridgehead atoms. The highest BCUT2D eigenvalue weighted by Gasteiger charge is 2.31. The Kier molecular flexibility index (Phi) is 2.93. The molecule has 3 rings (SSSR count). The summed E-state index contributed by atoms with van der Waals surface area (Å²) in [5.74, 6) is 0.139. The van der Waals surface area contributed by atoms with Crippen molar-refractivity contribution < 1.29 is 4.79 Å². The van der Waals surface area contributed by atoms with Crippen molar-refractivity contribution in [2.75, 3.05) is 11.4 Å². The highest BCUT2D eigenvalue weighted by molar-refractivity contribution is 5.84. The van der Waals surface area contributed by atoms with Gasteiger partial charge in [0.25, 0.3) is 5.56 Å². The van der Waals surface area contributed by atoms with Crippen molar-refractivity contribution in [3.63, 3.8) is 0 Å². The largest absolute Gasteiger partial charge is 0.368 e. The second kappa shape index (κ2) is 4.63. The number of carbonyl (C=O) groups excluding carboxylic acids is 1. The first-order chi connectivity index (χ1) is 9.59. The van der Waals surface area contributed by atoms with Crippen LogP contribution in [-0.4, -0.2) is 28.0 Å². The molecule has 6 heteroatoms. The maximum absolute atomic E-state index is 12.4. The zero-order valence-corrected chi connectivity index (χ0v) is 11.2. The quantitative estimate of drug-likeness (QED) is 0.857. The Hall–Kier alpha value is -2.37. The molecule has 1 saturated heterocycles. The summed E-state index contributed by atoms with van der Waals surface area (Å²) in [7, 11) is 1.67. The lowest BCUT2D eigenvalue weighted by molar-refractivity contribution is -0.119. The number of rotatable bonds is 2. The second-order valence-corrected chi connectivity index (χ2v) is 5.05. The molecule has 2 heterocycles. The molecule has 0 radical (unpaired) electrons. The lowest BCUT2D eigenvalue weighted by Gasteiger charge is -2.25. The molecular formula is C14H16N4O2. The van der Waals surface area contributed by atoms with Crippen LogP contribution in [0.15, 0.2) is 29.1 Å². The van der Waals surface area contributed by atoms with E-state index < -0.39 is 0 Å². The number of nitrogens with zero attached hydrogens (tertiary/aromatic N) is 3. The van der Waals surface area contributed by atoms with Crippen LogP contribution in [0.4, 0.5) is 5.95 Å². The summed E-state index contributed by atoms with van der Waals surface area (Å²) in [5.41, 5.74) is 5.96. The molecule has 1 atom stereocenters. The fourth-order valence-electron chi connectivity index (χ4n) is 2.77. The Morgan fingerprint density at radius 3 is 2.90 bits per heavy atom. The van der Waals surface area contributed by atoms with Crippen molar-refractivity contribution >= 4 is 22.8 Å². The van der Waals surface area contributed by atoms with Crippen LogP contribution >= 0.6 is 0 Å². The number of amides is 1. The fourth-order valence-corrected chi connectivity index (χ4v) is 2.77. The normalized spacial score (nSPS) is 18.6. The number of hydrogen-bond donors (Lipinski definition) is 1. The number of hydrogen-bond acceptors (Lipinski definition) is 4. The maximum Gasteiger partial charge on any atom is 0.262 e. The van der Waals surface area contributed by atoms with Gasteiger partial charge in [-0.1, -0.05) is 12.1 Å². The van der Waals surface area contributed by atoms with Crippen molar-refractivity contribution in [3.05, 3.63) is 34.6 Å². The Morgan fingerprint density at radius 1 is 1.40 bits per heavy atom. The number of benzene rings is 1. The number of carbonyl (C=O) groups is 1. The van der Waals surface area contributed by atoms with E-state index in [0.717, 1.165) is 6.42 Å². The molecule has 104 valence electrons. The van der Waals surface area contributed by atoms with E-state index in [9.17, 15) is 9.59 Å². The molecule has 1 unspecified atom stereocenters. The van der Waals surface area contributed by atoms with Crippen LogP contribution in [0.1, 0.15) is 12.8 Å². The van der Waals surface area contributed by atoms with E-state index in [1.165, 1.54) is 4.57 Å². The van der Waals surface area contributed by atoms with Gasteiger partial charge in [-0.15, -0.1) is 0 Å². The van der Waals surface area contributed by atoms with Gasteiger partial charge in [0.05, 0.1) is 10.9 Å². The van der Waals surface area contributed by atoms with Gasteiger partial charge < -0.3 is 10.6 Å². The van der Waals surface area contributed by atoms with Crippen LogP contribution in [0, 0.1) is 0 Å². The molecule has 1 aromatic heterocycles. The molecule has 1 aliphatic rings. The van der Waals surface area contributed by atoms with Crippen LogP contribution in [0.3, 0.4) is 0 Å². The minimum absolute atomic E-state index is 0.110. The Balaban J connectivity index is 2.19. The molecule has 1 aliphatic heterocycles. The molecule has 1 amide bonds. The summed E-state index contributed by atoms with van der Waals surface area (Å²) in [6.07, 6.45) is 1.58. The number of fused-ring (bicyclic) bond motifs is 1. The van der Waals surface area contributed by atoms with E-state index >= 15 is 0 Å². The summed E-state index contributed by atoms with van der Waals surface area (Å²) < 4.78 is 1.49. The van der Waals surface area contributed by atoms with Crippen molar-refractivity contribution in [2.24, 2.45) is 12.8 Å². The molecule has 1 aromatic carbocycles. The molecular weight excluding hydrogens is 256 g/mol. The van der Waals surface area contributed by atoms with Gasteiger partial charge in [-0.05, 0) is 25.0 Å². The number of anilines is 1. The summed E-state index contributed by atoms with van der Waals surface area (Å²) in [5, 5.41) is 0.577. The zero-order chi connectivity index (χ0) is 14.3. The van der Waals surface area contributed by atoms with Crippen molar-refractivity contribution in [2.45, 2.75) is 18.9 Å². The van der Waals surface area contributed by atoms with Gasteiger partial charge in [0.1, 0.15) is 6.04 Å². The standard InChI is InChI=1S/C14H16N4O2/c1-17-13(20)9-5-2-3-6-10(9)16-14(17)18-8-4-7-11(18)12(15)19/h2-3,5-6,11H,4,7-8H2,1H3,(H2,15,19). The van der Waals surface area contributed by atoms with Crippen molar-refractivity contribution in [1.29, 1.82) is 0 Å². The van der Waals surface area contributed by atoms with Crippen LogP contribution in [-0.2, 0) is 11.8 Å². The van der Waals surface area contributed by atoms with E-state index in [1.54, 1.807) is 19.2 Å². The van der Waals surface area contributed by atoms with Crippen molar-refractivity contribution in [3.8, 4) is 0 Å². The average molecular weight is 272 g/mol. The van der Waals surface area contributed by atoms with E-state index in [0.29, 0.717) is 29.8 Å². The van der Waals surface area contributed by atoms with E-state index in [-0.39, 0.29) is 17.5 Å². The molecule has 2 aromatic rings. The molecule has 1 fully saturated rings. The molecule has 20 heavy (non-hydrogen) atoms. The summed E-state index contributed by atoms with van der Waals surface area (Å²) in [4.78, 5) is 30.2. The van der Waals surface area contributed by atoms with Gasteiger partial charge in [-0.3, -0.25) is 14.2 Å². The van der Waals surface area contributed by atoms with Gasteiger partial charge in [-0.25, -0.2) is 4.98 Å². The first-order valence-electron chi connectivity index (χ1n) is 6.61. The number of nitrogens with two attached hydrogens (primary N) is 1. The average Bonchev–Trinajstić information content (AvgIpc) is 2.92. The van der Waals surface area contributed by atoms with Gasteiger partial charge in [-0.2, -0.15) is 0 Å². The third-order valence-corrected chi connectivity index (χ3v) is 3.80. The first-order valence-corrected chi connectivity index (χ1v) is 6.61. The topological polar surface area (TPSA) is 81.2 Å². The molecule has 0 saturated carbocycles. The maximum atomic E-state index is 12.4. The third kappa shape index (κ3) is 1.84. The van der Waals surface area contributed by atoms with E-state index in [4.69, 9.17) is 5.73 Å². The lowest BCUT2D eigenvalue weighted by Crippen LogP contribution is -2.43.